The number of hydrogen-bond acceptors (Lipinski definition) is 2. The fraction of sp³-hybridized carbons (Fsp3) is 0. The summed E-state index contributed by atoms with van der Waals surface area (Å²) in [5.41, 5.74) is 2.30. The summed E-state index contributed by atoms with van der Waals surface area (Å²) in [5, 5.41) is 6.97. The van der Waals surface area contributed by atoms with Gasteiger partial charge in [0.2, 0.25) is 0 Å². The summed E-state index contributed by atoms with van der Waals surface area (Å²) in [6, 6.07) is 12.9. The Hall–Kier alpha value is -2.14. The first-order valence-corrected chi connectivity index (χ1v) is 6.52. The van der Waals surface area contributed by atoms with Crippen LogP contribution in [0.15, 0.2) is 59.3 Å². The highest BCUT2D eigenvalue weighted by Gasteiger charge is 2.06. The summed E-state index contributed by atoms with van der Waals surface area (Å²) in [6.07, 6.45) is 3.53. The lowest BCUT2D eigenvalue weighted by Gasteiger charge is -2.06. The van der Waals surface area contributed by atoms with Gasteiger partial charge in [0.05, 0.1) is 5.52 Å². The van der Waals surface area contributed by atoms with Crippen molar-refractivity contribution in [2.24, 2.45) is 0 Å². The lowest BCUT2D eigenvalue weighted by molar-refractivity contribution is 0.102. The van der Waals surface area contributed by atoms with Gasteiger partial charge in [-0.2, -0.15) is 5.10 Å². The molecule has 1 N–H and O–H groups in total. The van der Waals surface area contributed by atoms with E-state index < -0.39 is 0 Å². The van der Waals surface area contributed by atoms with E-state index in [1.165, 1.54) is 0 Å². The monoisotopic (exact) mass is 315 g/mol. The molecule has 4 nitrogen and oxygen atoms in total. The molecule has 19 heavy (non-hydrogen) atoms. The molecule has 0 aliphatic rings. The number of amides is 1. The molecule has 2 heterocycles. The van der Waals surface area contributed by atoms with Crippen LogP contribution in [-0.2, 0) is 0 Å². The predicted molar refractivity (Wildman–Crippen MR) is 77.3 cm³/mol. The molecular formula is C14H10BrN3O. The van der Waals surface area contributed by atoms with Crippen molar-refractivity contribution >= 4 is 33.0 Å². The first-order valence-electron chi connectivity index (χ1n) is 5.73. The van der Waals surface area contributed by atoms with Crippen LogP contribution in [0.25, 0.3) is 5.52 Å². The fourth-order valence-corrected chi connectivity index (χ4v) is 2.23. The molecule has 0 atom stereocenters. The van der Waals surface area contributed by atoms with E-state index in [-0.39, 0.29) is 5.91 Å². The van der Waals surface area contributed by atoms with Crippen LogP contribution < -0.4 is 5.32 Å². The molecule has 94 valence electrons. The Kier molecular flexibility index (Phi) is 3.05. The van der Waals surface area contributed by atoms with Crippen LogP contribution in [-0.4, -0.2) is 15.5 Å². The van der Waals surface area contributed by atoms with Gasteiger partial charge in [-0.25, -0.2) is 4.52 Å². The van der Waals surface area contributed by atoms with Gasteiger partial charge in [-0.05, 0) is 36.4 Å². The standard InChI is InChI=1S/C14H10BrN3O/c15-11-3-1-2-10(8-11)14(19)17-12-5-7-18-13(9-12)4-6-16-18/h1-9H,(H,17,19). The number of hydrogen-bond donors (Lipinski definition) is 1. The molecule has 0 bridgehead atoms. The van der Waals surface area contributed by atoms with E-state index in [9.17, 15) is 4.79 Å². The summed E-state index contributed by atoms with van der Waals surface area (Å²) in [6.45, 7) is 0. The average Bonchev–Trinajstić information content (AvgIpc) is 2.86. The van der Waals surface area contributed by atoms with Gasteiger partial charge in [0.25, 0.3) is 5.91 Å². The van der Waals surface area contributed by atoms with Gasteiger partial charge in [-0.3, -0.25) is 4.79 Å². The van der Waals surface area contributed by atoms with Gasteiger partial charge in [0.15, 0.2) is 0 Å². The molecule has 0 aliphatic carbocycles. The number of carbonyl (C=O) groups is 1. The fourth-order valence-electron chi connectivity index (χ4n) is 1.83. The van der Waals surface area contributed by atoms with Crippen molar-refractivity contribution in [2.75, 3.05) is 5.32 Å². The van der Waals surface area contributed by atoms with Gasteiger partial charge < -0.3 is 5.32 Å². The third-order valence-electron chi connectivity index (χ3n) is 2.74. The van der Waals surface area contributed by atoms with E-state index >= 15 is 0 Å². The lowest BCUT2D eigenvalue weighted by atomic mass is 10.2. The number of anilines is 1. The lowest BCUT2D eigenvalue weighted by Crippen LogP contribution is -2.11. The number of aromatic nitrogens is 2. The van der Waals surface area contributed by atoms with Crippen molar-refractivity contribution < 1.29 is 4.79 Å². The van der Waals surface area contributed by atoms with Crippen molar-refractivity contribution in [1.29, 1.82) is 0 Å². The zero-order chi connectivity index (χ0) is 13.2. The number of halogens is 1. The second-order valence-corrected chi connectivity index (χ2v) is 5.00. The summed E-state index contributed by atoms with van der Waals surface area (Å²) in [5.74, 6) is -0.134. The highest BCUT2D eigenvalue weighted by molar-refractivity contribution is 9.10. The number of rotatable bonds is 2. The third kappa shape index (κ3) is 2.51. The largest absolute Gasteiger partial charge is 0.322 e. The highest BCUT2D eigenvalue weighted by atomic mass is 79.9. The second-order valence-electron chi connectivity index (χ2n) is 4.08. The number of pyridine rings is 1. The third-order valence-corrected chi connectivity index (χ3v) is 3.24. The van der Waals surface area contributed by atoms with Gasteiger partial charge >= 0.3 is 0 Å². The molecule has 3 aromatic rings. The molecule has 0 radical (unpaired) electrons. The number of fused-ring (bicyclic) bond motifs is 1. The van der Waals surface area contributed by atoms with E-state index in [0.29, 0.717) is 5.56 Å². The van der Waals surface area contributed by atoms with Crippen molar-refractivity contribution in [3.8, 4) is 0 Å². The van der Waals surface area contributed by atoms with E-state index in [0.717, 1.165) is 15.7 Å². The average molecular weight is 316 g/mol. The maximum atomic E-state index is 12.1. The minimum absolute atomic E-state index is 0.134. The number of nitrogens with one attached hydrogen (secondary N) is 1. The number of nitrogens with zero attached hydrogens (tertiary/aromatic N) is 2. The molecule has 5 heteroatoms. The zero-order valence-corrected chi connectivity index (χ0v) is 11.5. The van der Waals surface area contributed by atoms with E-state index in [2.05, 4.69) is 26.3 Å². The van der Waals surface area contributed by atoms with Crippen LogP contribution in [0, 0.1) is 0 Å². The summed E-state index contributed by atoms with van der Waals surface area (Å²) >= 11 is 3.35. The Labute approximate surface area is 118 Å². The number of carbonyl (C=O) groups excluding carboxylic acids is 1. The summed E-state index contributed by atoms with van der Waals surface area (Å²) in [7, 11) is 0. The van der Waals surface area contributed by atoms with Crippen molar-refractivity contribution in [1.82, 2.24) is 9.61 Å². The zero-order valence-electron chi connectivity index (χ0n) is 9.88. The molecule has 0 unspecified atom stereocenters. The van der Waals surface area contributed by atoms with Crippen LogP contribution in [0.3, 0.4) is 0 Å². The molecule has 0 saturated heterocycles. The normalized spacial score (nSPS) is 10.6. The molecule has 0 spiro atoms. The topological polar surface area (TPSA) is 46.4 Å². The Morgan fingerprint density at radius 1 is 1.21 bits per heavy atom. The minimum atomic E-state index is -0.134. The van der Waals surface area contributed by atoms with Gasteiger partial charge in [-0.15, -0.1) is 0 Å². The molecule has 0 fully saturated rings. The highest BCUT2D eigenvalue weighted by Crippen LogP contribution is 2.15. The van der Waals surface area contributed by atoms with Gasteiger partial charge in [-0.1, -0.05) is 22.0 Å². The van der Waals surface area contributed by atoms with E-state index in [1.54, 1.807) is 22.8 Å². The Balaban J connectivity index is 1.86. The molecule has 1 aromatic carbocycles. The molecule has 0 aliphatic heterocycles. The van der Waals surface area contributed by atoms with Crippen LogP contribution in [0.1, 0.15) is 10.4 Å². The van der Waals surface area contributed by atoms with Crippen molar-refractivity contribution in [3.05, 3.63) is 64.9 Å². The molecule has 0 saturated carbocycles. The quantitative estimate of drug-likeness (QED) is 0.788. The first-order chi connectivity index (χ1) is 9.22. The Bertz CT molecular complexity index is 751. The van der Waals surface area contributed by atoms with Crippen LogP contribution in [0.4, 0.5) is 5.69 Å². The predicted octanol–water partition coefficient (Wildman–Crippen LogP) is 3.35. The molecular weight excluding hydrogens is 306 g/mol. The van der Waals surface area contributed by atoms with Gasteiger partial charge in [0.1, 0.15) is 0 Å². The SMILES string of the molecule is O=C(Nc1ccn2nccc2c1)c1cccc(Br)c1. The van der Waals surface area contributed by atoms with E-state index in [1.807, 2.05) is 36.5 Å². The van der Waals surface area contributed by atoms with Crippen molar-refractivity contribution in [3.63, 3.8) is 0 Å². The van der Waals surface area contributed by atoms with Crippen molar-refractivity contribution in [2.45, 2.75) is 0 Å². The second kappa shape index (κ2) is 4.85. The maximum absolute atomic E-state index is 12.1. The van der Waals surface area contributed by atoms with E-state index in [4.69, 9.17) is 0 Å². The Morgan fingerprint density at radius 2 is 2.11 bits per heavy atom. The minimum Gasteiger partial charge on any atom is -0.322 e. The maximum Gasteiger partial charge on any atom is 0.255 e. The van der Waals surface area contributed by atoms with Crippen LogP contribution in [0.5, 0.6) is 0 Å². The smallest absolute Gasteiger partial charge is 0.255 e. The number of benzene rings is 1. The summed E-state index contributed by atoms with van der Waals surface area (Å²) in [4.78, 5) is 12.1. The molecule has 3 rings (SSSR count). The molecule has 2 aromatic heterocycles. The van der Waals surface area contributed by atoms with Crippen LogP contribution >= 0.6 is 15.9 Å². The summed E-state index contributed by atoms with van der Waals surface area (Å²) < 4.78 is 2.63. The first kappa shape index (κ1) is 11.9. The Morgan fingerprint density at radius 3 is 2.95 bits per heavy atom. The molecule has 1 amide bonds. The van der Waals surface area contributed by atoms with Crippen LogP contribution in [0.2, 0.25) is 0 Å². The van der Waals surface area contributed by atoms with Gasteiger partial charge in [0, 0.05) is 28.1 Å².